The van der Waals surface area contributed by atoms with E-state index in [2.05, 4.69) is 40.1 Å². The smallest absolute Gasteiger partial charge is 0.0121 e. The molecule has 0 aliphatic heterocycles. The van der Waals surface area contributed by atoms with Gasteiger partial charge in [0, 0.05) is 6.04 Å². The molecule has 0 aromatic rings. The Hall–Kier alpha value is -0.0400. The third-order valence-corrected chi connectivity index (χ3v) is 9.61. The summed E-state index contributed by atoms with van der Waals surface area (Å²) in [6.45, 7) is 10.2. The number of unbranched alkanes of at least 4 members (excludes halogenated alkanes) is 1. The minimum atomic E-state index is 0.537. The van der Waals surface area contributed by atoms with Crippen LogP contribution in [0, 0.1) is 34.5 Å². The average molecular weight is 362 g/mol. The first-order chi connectivity index (χ1) is 12.5. The van der Waals surface area contributed by atoms with Gasteiger partial charge in [0.15, 0.2) is 0 Å². The minimum absolute atomic E-state index is 0.537. The van der Waals surface area contributed by atoms with Crippen LogP contribution in [-0.4, -0.2) is 13.1 Å². The zero-order valence-corrected chi connectivity index (χ0v) is 18.6. The van der Waals surface area contributed by atoms with E-state index in [4.69, 9.17) is 0 Å². The van der Waals surface area contributed by atoms with Gasteiger partial charge in [-0.25, -0.2) is 0 Å². The van der Waals surface area contributed by atoms with Crippen LogP contribution in [0.3, 0.4) is 0 Å². The third kappa shape index (κ3) is 3.51. The molecule has 1 N–H and O–H groups in total. The predicted molar refractivity (Wildman–Crippen MR) is 114 cm³/mol. The Bertz CT molecular complexity index is 445. The molecule has 0 bridgehead atoms. The average Bonchev–Trinajstić information content (AvgIpc) is 2.97. The summed E-state index contributed by atoms with van der Waals surface area (Å²) in [5, 5.41) is 3.76. The molecule has 3 saturated carbocycles. The maximum absolute atomic E-state index is 3.76. The molecule has 0 aromatic heterocycles. The summed E-state index contributed by atoms with van der Waals surface area (Å²) >= 11 is 0. The van der Waals surface area contributed by atoms with E-state index in [-0.39, 0.29) is 0 Å². The largest absolute Gasteiger partial charge is 0.316 e. The highest BCUT2D eigenvalue weighted by Gasteiger charge is 2.57. The predicted octanol–water partition coefficient (Wildman–Crippen LogP) is 7.20. The lowest BCUT2D eigenvalue weighted by Crippen LogP contribution is -2.54. The molecular weight excluding hydrogens is 314 g/mol. The van der Waals surface area contributed by atoms with Crippen molar-refractivity contribution in [1.29, 1.82) is 0 Å². The molecule has 0 heterocycles. The van der Waals surface area contributed by atoms with Crippen molar-refractivity contribution < 1.29 is 0 Å². The molecule has 0 radical (unpaired) electrons. The van der Waals surface area contributed by atoms with Crippen LogP contribution in [0.1, 0.15) is 111 Å². The van der Waals surface area contributed by atoms with Crippen LogP contribution in [0.25, 0.3) is 0 Å². The van der Waals surface area contributed by atoms with E-state index in [1.807, 2.05) is 0 Å². The summed E-state index contributed by atoms with van der Waals surface area (Å²) in [5.41, 5.74) is 1.20. The fraction of sp³-hybridized carbons (Fsp3) is 1.00. The molecule has 0 amide bonds. The van der Waals surface area contributed by atoms with Gasteiger partial charge in [-0.2, -0.15) is 0 Å². The summed E-state index contributed by atoms with van der Waals surface area (Å²) in [4.78, 5) is 0. The van der Waals surface area contributed by atoms with Gasteiger partial charge in [0.1, 0.15) is 0 Å². The molecule has 0 aromatic carbocycles. The van der Waals surface area contributed by atoms with Crippen molar-refractivity contribution in [2.45, 2.75) is 117 Å². The van der Waals surface area contributed by atoms with Crippen molar-refractivity contribution in [3.63, 3.8) is 0 Å². The summed E-state index contributed by atoms with van der Waals surface area (Å²) in [6, 6.07) is 0.752. The Morgan fingerprint density at radius 1 is 0.808 bits per heavy atom. The first-order valence-electron chi connectivity index (χ1n) is 12.2. The SMILES string of the molecule is CCCCC1CCC2C(CCC)C(C3(C)CCCCC3NC)CCC12C. The Morgan fingerprint density at radius 3 is 2.27 bits per heavy atom. The van der Waals surface area contributed by atoms with E-state index in [0.717, 1.165) is 29.7 Å². The van der Waals surface area contributed by atoms with Crippen LogP contribution in [0.5, 0.6) is 0 Å². The Labute approximate surface area is 164 Å². The van der Waals surface area contributed by atoms with Crippen LogP contribution in [0.15, 0.2) is 0 Å². The molecule has 3 aliphatic carbocycles. The minimum Gasteiger partial charge on any atom is -0.316 e. The molecule has 0 saturated heterocycles. The number of hydrogen-bond donors (Lipinski definition) is 1. The molecule has 7 atom stereocenters. The maximum Gasteiger partial charge on any atom is 0.0121 e. The Balaban J connectivity index is 1.84. The van der Waals surface area contributed by atoms with E-state index in [1.54, 1.807) is 0 Å². The topological polar surface area (TPSA) is 12.0 Å². The van der Waals surface area contributed by atoms with Gasteiger partial charge in [-0.05, 0) is 86.5 Å². The van der Waals surface area contributed by atoms with Crippen LogP contribution in [0.4, 0.5) is 0 Å². The summed E-state index contributed by atoms with van der Waals surface area (Å²) in [6.07, 6.45) is 19.1. The molecule has 3 rings (SSSR count). The fourth-order valence-electron chi connectivity index (χ4n) is 8.15. The van der Waals surface area contributed by atoms with Crippen LogP contribution < -0.4 is 5.32 Å². The quantitative estimate of drug-likeness (QED) is 0.505. The van der Waals surface area contributed by atoms with Crippen molar-refractivity contribution >= 4 is 0 Å². The summed E-state index contributed by atoms with van der Waals surface area (Å²) in [5.74, 6) is 3.99. The second kappa shape index (κ2) is 8.54. The Kier molecular flexibility index (Phi) is 6.80. The van der Waals surface area contributed by atoms with Crippen molar-refractivity contribution in [3.8, 4) is 0 Å². The lowest BCUT2D eigenvalue weighted by molar-refractivity contribution is -0.0676. The van der Waals surface area contributed by atoms with Gasteiger partial charge in [-0.15, -0.1) is 0 Å². The second-order valence-electron chi connectivity index (χ2n) is 10.7. The molecule has 0 spiro atoms. The zero-order valence-electron chi connectivity index (χ0n) is 18.6. The lowest BCUT2D eigenvalue weighted by Gasteiger charge is -2.57. The van der Waals surface area contributed by atoms with Crippen LogP contribution >= 0.6 is 0 Å². The van der Waals surface area contributed by atoms with Crippen molar-refractivity contribution in [3.05, 3.63) is 0 Å². The van der Waals surface area contributed by atoms with Gasteiger partial charge in [0.05, 0.1) is 0 Å². The third-order valence-electron chi connectivity index (χ3n) is 9.61. The fourth-order valence-corrected chi connectivity index (χ4v) is 8.15. The monoisotopic (exact) mass is 361 g/mol. The first kappa shape index (κ1) is 20.7. The molecule has 1 heteroatoms. The maximum atomic E-state index is 3.76. The number of fused-ring (bicyclic) bond motifs is 1. The van der Waals surface area contributed by atoms with Gasteiger partial charge in [0.25, 0.3) is 0 Å². The summed E-state index contributed by atoms with van der Waals surface area (Å²) < 4.78 is 0. The van der Waals surface area contributed by atoms with Gasteiger partial charge in [0.2, 0.25) is 0 Å². The molecule has 152 valence electrons. The van der Waals surface area contributed by atoms with E-state index in [0.29, 0.717) is 10.8 Å². The van der Waals surface area contributed by atoms with Gasteiger partial charge < -0.3 is 5.32 Å². The highest BCUT2D eigenvalue weighted by atomic mass is 14.9. The summed E-state index contributed by atoms with van der Waals surface area (Å²) in [7, 11) is 2.23. The number of nitrogens with one attached hydrogen (secondary N) is 1. The molecular formula is C25H47N. The Morgan fingerprint density at radius 2 is 1.58 bits per heavy atom. The first-order valence-corrected chi connectivity index (χ1v) is 12.2. The number of rotatable bonds is 7. The standard InChI is InChI=1S/C25H47N/c1-6-8-12-19-14-15-21-20(11-7-2)22(16-18-24(19,21)3)25(4)17-10-9-13-23(25)26-5/h19-23,26H,6-18H2,1-5H3. The molecule has 26 heavy (non-hydrogen) atoms. The van der Waals surface area contributed by atoms with Gasteiger partial charge in [-0.3, -0.25) is 0 Å². The van der Waals surface area contributed by atoms with Crippen molar-refractivity contribution in [1.82, 2.24) is 5.32 Å². The molecule has 3 fully saturated rings. The molecule has 1 nitrogen and oxygen atoms in total. The van der Waals surface area contributed by atoms with Crippen LogP contribution in [0.2, 0.25) is 0 Å². The van der Waals surface area contributed by atoms with E-state index in [9.17, 15) is 0 Å². The highest BCUT2D eigenvalue weighted by Crippen LogP contribution is 2.64. The van der Waals surface area contributed by atoms with Gasteiger partial charge in [-0.1, -0.05) is 66.2 Å². The van der Waals surface area contributed by atoms with Crippen molar-refractivity contribution in [2.75, 3.05) is 7.05 Å². The highest BCUT2D eigenvalue weighted by molar-refractivity contribution is 5.07. The van der Waals surface area contributed by atoms with Crippen LogP contribution in [-0.2, 0) is 0 Å². The van der Waals surface area contributed by atoms with Crippen molar-refractivity contribution in [2.24, 2.45) is 34.5 Å². The second-order valence-corrected chi connectivity index (χ2v) is 10.7. The molecule has 3 aliphatic rings. The zero-order chi connectivity index (χ0) is 18.8. The normalized spacial score (nSPS) is 46.3. The van der Waals surface area contributed by atoms with E-state index >= 15 is 0 Å². The van der Waals surface area contributed by atoms with Gasteiger partial charge >= 0.3 is 0 Å². The number of hydrogen-bond acceptors (Lipinski definition) is 1. The molecule has 7 unspecified atom stereocenters. The van der Waals surface area contributed by atoms with E-state index in [1.165, 1.54) is 83.5 Å². The lowest BCUT2D eigenvalue weighted by atomic mass is 9.49. The van der Waals surface area contributed by atoms with E-state index < -0.39 is 0 Å².